The molecule has 2 aromatic carbocycles. The first-order valence-corrected chi connectivity index (χ1v) is 7.43. The molecule has 21 heavy (non-hydrogen) atoms. The van der Waals surface area contributed by atoms with Crippen molar-refractivity contribution >= 4 is 33.2 Å². The number of aromatic hydroxyl groups is 1. The Morgan fingerprint density at radius 3 is 2.95 bits per heavy atom. The van der Waals surface area contributed by atoms with Crippen LogP contribution in [0.2, 0.25) is 0 Å². The summed E-state index contributed by atoms with van der Waals surface area (Å²) < 4.78 is 0.916. The third kappa shape index (κ3) is 3.31. The van der Waals surface area contributed by atoms with E-state index in [-0.39, 0.29) is 5.75 Å². The molecule has 3 rings (SSSR count). The van der Waals surface area contributed by atoms with Crippen molar-refractivity contribution in [2.24, 2.45) is 4.99 Å². The SMILES string of the molecule is Oc1ccc(Br)cc1C=NCCc1nc2ccccc2[nH]1. The van der Waals surface area contributed by atoms with Gasteiger partial charge >= 0.3 is 0 Å². The molecule has 2 N–H and O–H groups in total. The van der Waals surface area contributed by atoms with E-state index >= 15 is 0 Å². The number of aliphatic imine (C=N–C) groups is 1. The van der Waals surface area contributed by atoms with Crippen LogP contribution in [0.3, 0.4) is 0 Å². The van der Waals surface area contributed by atoms with E-state index in [0.717, 1.165) is 27.8 Å². The summed E-state index contributed by atoms with van der Waals surface area (Å²) in [6.07, 6.45) is 2.42. The second kappa shape index (κ2) is 6.10. The van der Waals surface area contributed by atoms with Crippen molar-refractivity contribution in [2.45, 2.75) is 6.42 Å². The Hall–Kier alpha value is -2.14. The largest absolute Gasteiger partial charge is 0.507 e. The van der Waals surface area contributed by atoms with E-state index in [1.54, 1.807) is 18.3 Å². The molecule has 1 heterocycles. The first-order valence-electron chi connectivity index (χ1n) is 6.64. The zero-order chi connectivity index (χ0) is 14.7. The van der Waals surface area contributed by atoms with E-state index in [1.165, 1.54) is 0 Å². The molecule has 0 spiro atoms. The maximum Gasteiger partial charge on any atom is 0.124 e. The lowest BCUT2D eigenvalue weighted by molar-refractivity contribution is 0.474. The molecule has 3 aromatic rings. The molecule has 0 aliphatic carbocycles. The zero-order valence-corrected chi connectivity index (χ0v) is 12.8. The number of nitrogens with zero attached hydrogens (tertiary/aromatic N) is 2. The van der Waals surface area contributed by atoms with Gasteiger partial charge in [-0.3, -0.25) is 4.99 Å². The van der Waals surface area contributed by atoms with Crippen LogP contribution < -0.4 is 0 Å². The van der Waals surface area contributed by atoms with Crippen molar-refractivity contribution in [3.8, 4) is 5.75 Å². The second-order valence-corrected chi connectivity index (χ2v) is 5.60. The normalized spacial score (nSPS) is 11.5. The highest BCUT2D eigenvalue weighted by Gasteiger charge is 2.01. The predicted octanol–water partition coefficient (Wildman–Crippen LogP) is 3.69. The number of phenols is 1. The molecule has 0 unspecified atom stereocenters. The van der Waals surface area contributed by atoms with Gasteiger partial charge in [0.25, 0.3) is 0 Å². The Balaban J connectivity index is 1.65. The fourth-order valence-electron chi connectivity index (χ4n) is 2.09. The van der Waals surface area contributed by atoms with Crippen molar-refractivity contribution < 1.29 is 5.11 Å². The number of hydrogen-bond donors (Lipinski definition) is 2. The predicted molar refractivity (Wildman–Crippen MR) is 88.1 cm³/mol. The van der Waals surface area contributed by atoms with Crippen LogP contribution in [0.25, 0.3) is 11.0 Å². The van der Waals surface area contributed by atoms with Gasteiger partial charge in [-0.05, 0) is 30.3 Å². The third-order valence-electron chi connectivity index (χ3n) is 3.14. The molecule has 0 atom stereocenters. The minimum absolute atomic E-state index is 0.227. The molecule has 5 heteroatoms. The van der Waals surface area contributed by atoms with Gasteiger partial charge in [-0.25, -0.2) is 4.98 Å². The molecule has 1 aromatic heterocycles. The third-order valence-corrected chi connectivity index (χ3v) is 3.63. The first kappa shape index (κ1) is 13.8. The van der Waals surface area contributed by atoms with Crippen LogP contribution in [-0.4, -0.2) is 27.8 Å². The summed E-state index contributed by atoms with van der Waals surface area (Å²) in [6.45, 7) is 0.617. The average Bonchev–Trinajstić information content (AvgIpc) is 2.89. The molecule has 106 valence electrons. The number of benzene rings is 2. The van der Waals surface area contributed by atoms with E-state index in [4.69, 9.17) is 0 Å². The summed E-state index contributed by atoms with van der Waals surface area (Å²) in [5, 5.41) is 9.72. The van der Waals surface area contributed by atoms with E-state index in [9.17, 15) is 5.11 Å². The standard InChI is InChI=1S/C16H14BrN3O/c17-12-5-6-15(21)11(9-12)10-18-8-7-16-19-13-3-1-2-4-14(13)20-16/h1-6,9-10,21H,7-8H2,(H,19,20). The minimum Gasteiger partial charge on any atom is -0.507 e. The molecular weight excluding hydrogens is 330 g/mol. The quantitative estimate of drug-likeness (QED) is 0.709. The number of rotatable bonds is 4. The van der Waals surface area contributed by atoms with E-state index in [0.29, 0.717) is 12.1 Å². The molecule has 0 fully saturated rings. The summed E-state index contributed by atoms with van der Waals surface area (Å²) in [5.74, 6) is 1.15. The Bertz CT molecular complexity index is 762. The van der Waals surface area contributed by atoms with Crippen LogP contribution in [0.1, 0.15) is 11.4 Å². The molecule has 0 saturated carbocycles. The van der Waals surface area contributed by atoms with Gasteiger partial charge in [0.15, 0.2) is 0 Å². The lowest BCUT2D eigenvalue weighted by Crippen LogP contribution is -1.93. The smallest absolute Gasteiger partial charge is 0.124 e. The van der Waals surface area contributed by atoms with Gasteiger partial charge in [-0.15, -0.1) is 0 Å². The number of H-pyrrole nitrogens is 1. The van der Waals surface area contributed by atoms with Gasteiger partial charge in [-0.1, -0.05) is 28.1 Å². The van der Waals surface area contributed by atoms with Gasteiger partial charge in [0, 0.05) is 29.2 Å². The van der Waals surface area contributed by atoms with E-state index in [1.807, 2.05) is 30.3 Å². The number of nitrogens with one attached hydrogen (secondary N) is 1. The average molecular weight is 344 g/mol. The highest BCUT2D eigenvalue weighted by atomic mass is 79.9. The Labute approximate surface area is 130 Å². The van der Waals surface area contributed by atoms with Crippen LogP contribution in [0, 0.1) is 0 Å². The number of phenolic OH excluding ortho intramolecular Hbond substituents is 1. The highest BCUT2D eigenvalue weighted by molar-refractivity contribution is 9.10. The van der Waals surface area contributed by atoms with E-state index in [2.05, 4.69) is 30.9 Å². The topological polar surface area (TPSA) is 61.3 Å². The molecule has 4 nitrogen and oxygen atoms in total. The number of fused-ring (bicyclic) bond motifs is 1. The highest BCUT2D eigenvalue weighted by Crippen LogP contribution is 2.20. The monoisotopic (exact) mass is 343 g/mol. The maximum atomic E-state index is 9.72. The van der Waals surface area contributed by atoms with Crippen LogP contribution in [0.4, 0.5) is 0 Å². The van der Waals surface area contributed by atoms with Crippen molar-refractivity contribution in [3.63, 3.8) is 0 Å². The minimum atomic E-state index is 0.227. The second-order valence-electron chi connectivity index (χ2n) is 4.69. The van der Waals surface area contributed by atoms with Gasteiger partial charge in [0.2, 0.25) is 0 Å². The fraction of sp³-hybridized carbons (Fsp3) is 0.125. The van der Waals surface area contributed by atoms with Crippen LogP contribution in [0.5, 0.6) is 5.75 Å². The van der Waals surface area contributed by atoms with Crippen molar-refractivity contribution in [1.29, 1.82) is 0 Å². The van der Waals surface area contributed by atoms with Crippen molar-refractivity contribution in [3.05, 3.63) is 58.3 Å². The molecular formula is C16H14BrN3O. The first-order chi connectivity index (χ1) is 10.2. The number of para-hydroxylation sites is 2. The summed E-state index contributed by atoms with van der Waals surface area (Å²) >= 11 is 3.37. The lowest BCUT2D eigenvalue weighted by Gasteiger charge is -1.99. The Kier molecular flexibility index (Phi) is 4.01. The van der Waals surface area contributed by atoms with E-state index < -0.39 is 0 Å². The molecule has 0 bridgehead atoms. The summed E-state index contributed by atoms with van der Waals surface area (Å²) in [6, 6.07) is 13.2. The van der Waals surface area contributed by atoms with Crippen LogP contribution >= 0.6 is 15.9 Å². The Morgan fingerprint density at radius 1 is 1.24 bits per heavy atom. The molecule has 0 radical (unpaired) electrons. The molecule has 0 aliphatic heterocycles. The summed E-state index contributed by atoms with van der Waals surface area (Å²) in [4.78, 5) is 12.1. The Morgan fingerprint density at radius 2 is 2.10 bits per heavy atom. The van der Waals surface area contributed by atoms with Gasteiger partial charge in [0.05, 0.1) is 11.0 Å². The van der Waals surface area contributed by atoms with Crippen LogP contribution in [-0.2, 0) is 6.42 Å². The van der Waals surface area contributed by atoms with Gasteiger partial charge < -0.3 is 10.1 Å². The molecule has 0 aliphatic rings. The van der Waals surface area contributed by atoms with Gasteiger partial charge in [-0.2, -0.15) is 0 Å². The number of aromatic nitrogens is 2. The number of aromatic amines is 1. The molecule has 0 saturated heterocycles. The summed E-state index contributed by atoms with van der Waals surface area (Å²) in [7, 11) is 0. The lowest BCUT2D eigenvalue weighted by atomic mass is 10.2. The number of hydrogen-bond acceptors (Lipinski definition) is 3. The summed E-state index contributed by atoms with van der Waals surface area (Å²) in [5.41, 5.74) is 2.72. The molecule has 0 amide bonds. The maximum absolute atomic E-state index is 9.72. The number of imidazole rings is 1. The van der Waals surface area contributed by atoms with Gasteiger partial charge in [0.1, 0.15) is 11.6 Å². The fourth-order valence-corrected chi connectivity index (χ4v) is 2.46. The number of halogens is 1. The van der Waals surface area contributed by atoms with Crippen molar-refractivity contribution in [2.75, 3.05) is 6.54 Å². The van der Waals surface area contributed by atoms with Crippen molar-refractivity contribution in [1.82, 2.24) is 9.97 Å². The zero-order valence-electron chi connectivity index (χ0n) is 11.3. The van der Waals surface area contributed by atoms with Crippen LogP contribution in [0.15, 0.2) is 51.9 Å².